The third-order valence-electron chi connectivity index (χ3n) is 4.44. The largest absolute Gasteiger partial charge is 0.492 e. The lowest BCUT2D eigenvalue weighted by Crippen LogP contribution is -2.33. The summed E-state index contributed by atoms with van der Waals surface area (Å²) in [6.07, 6.45) is 5.75. The number of hydrogen-bond donors (Lipinski definition) is 0. The number of para-hydroxylation sites is 1. The number of anilines is 1. The Morgan fingerprint density at radius 2 is 1.83 bits per heavy atom. The van der Waals surface area contributed by atoms with E-state index in [9.17, 15) is 0 Å². The van der Waals surface area contributed by atoms with Crippen molar-refractivity contribution in [3.05, 3.63) is 48.3 Å². The first kappa shape index (κ1) is 16.7. The number of rotatable bonds is 6. The van der Waals surface area contributed by atoms with Crippen molar-refractivity contribution < 1.29 is 4.74 Å². The van der Waals surface area contributed by atoms with Gasteiger partial charge >= 0.3 is 0 Å². The lowest BCUT2D eigenvalue weighted by atomic mass is 10.1. The zero-order valence-corrected chi connectivity index (χ0v) is 14.4. The van der Waals surface area contributed by atoms with Crippen molar-refractivity contribution in [1.29, 1.82) is 0 Å². The number of nitrogens with zero attached hydrogens (tertiary/aromatic N) is 4. The van der Waals surface area contributed by atoms with Gasteiger partial charge in [0.25, 0.3) is 0 Å². The van der Waals surface area contributed by atoms with Crippen molar-refractivity contribution in [2.24, 2.45) is 0 Å². The maximum atomic E-state index is 6.00. The predicted octanol–water partition coefficient (Wildman–Crippen LogP) is 2.63. The van der Waals surface area contributed by atoms with E-state index in [4.69, 9.17) is 4.74 Å². The molecule has 24 heavy (non-hydrogen) atoms. The highest BCUT2D eigenvalue weighted by atomic mass is 16.5. The van der Waals surface area contributed by atoms with Gasteiger partial charge in [0.05, 0.1) is 0 Å². The second kappa shape index (κ2) is 8.64. The fourth-order valence-corrected chi connectivity index (χ4v) is 3.07. The fraction of sp³-hybridized carbons (Fsp3) is 0.474. The van der Waals surface area contributed by atoms with Crippen molar-refractivity contribution in [3.63, 3.8) is 0 Å². The molecule has 0 N–H and O–H groups in total. The number of hydrogen-bond acceptors (Lipinski definition) is 5. The summed E-state index contributed by atoms with van der Waals surface area (Å²) in [6.45, 7) is 7.96. The van der Waals surface area contributed by atoms with Gasteiger partial charge in [0.2, 0.25) is 5.95 Å². The second-order valence-electron chi connectivity index (χ2n) is 6.04. The van der Waals surface area contributed by atoms with Crippen LogP contribution in [-0.2, 0) is 6.42 Å². The highest BCUT2D eigenvalue weighted by Crippen LogP contribution is 2.18. The molecule has 0 radical (unpaired) electrons. The molecule has 128 valence electrons. The molecular weight excluding hydrogens is 300 g/mol. The van der Waals surface area contributed by atoms with Gasteiger partial charge in [-0.2, -0.15) is 0 Å². The Hall–Kier alpha value is -2.14. The van der Waals surface area contributed by atoms with Gasteiger partial charge in [-0.25, -0.2) is 9.97 Å². The zero-order valence-electron chi connectivity index (χ0n) is 14.4. The fourth-order valence-electron chi connectivity index (χ4n) is 3.07. The van der Waals surface area contributed by atoms with Crippen LogP contribution >= 0.6 is 0 Å². The molecule has 0 amide bonds. The number of benzene rings is 1. The van der Waals surface area contributed by atoms with E-state index in [0.29, 0.717) is 0 Å². The summed E-state index contributed by atoms with van der Waals surface area (Å²) in [5, 5.41) is 0. The molecule has 0 bridgehead atoms. The van der Waals surface area contributed by atoms with Gasteiger partial charge in [0.1, 0.15) is 12.4 Å². The standard InChI is InChI=1S/C19H26N4O/c1-2-17-7-3-4-8-18(17)24-16-15-22-11-6-12-23(14-13-22)19-20-9-5-10-21-19/h3-5,7-10H,2,6,11-16H2,1H3. The van der Waals surface area contributed by atoms with E-state index in [-0.39, 0.29) is 0 Å². The predicted molar refractivity (Wildman–Crippen MR) is 96.6 cm³/mol. The average molecular weight is 326 g/mol. The lowest BCUT2D eigenvalue weighted by molar-refractivity contribution is 0.217. The van der Waals surface area contributed by atoms with E-state index in [2.05, 4.69) is 44.9 Å². The quantitative estimate of drug-likeness (QED) is 0.816. The van der Waals surface area contributed by atoms with Crippen LogP contribution in [0, 0.1) is 0 Å². The van der Waals surface area contributed by atoms with Gasteiger partial charge in [-0.15, -0.1) is 0 Å². The maximum absolute atomic E-state index is 6.00. The number of aromatic nitrogens is 2. The summed E-state index contributed by atoms with van der Waals surface area (Å²) in [6, 6.07) is 10.2. The van der Waals surface area contributed by atoms with Gasteiger partial charge in [-0.05, 0) is 30.5 Å². The Labute approximate surface area is 144 Å². The van der Waals surface area contributed by atoms with E-state index < -0.39 is 0 Å². The van der Waals surface area contributed by atoms with Crippen molar-refractivity contribution in [1.82, 2.24) is 14.9 Å². The van der Waals surface area contributed by atoms with Crippen molar-refractivity contribution in [3.8, 4) is 5.75 Å². The smallest absolute Gasteiger partial charge is 0.225 e. The van der Waals surface area contributed by atoms with Crippen molar-refractivity contribution in [2.75, 3.05) is 44.2 Å². The number of aryl methyl sites for hydroxylation is 1. The second-order valence-corrected chi connectivity index (χ2v) is 6.04. The molecule has 5 heteroatoms. The Balaban J connectivity index is 1.47. The van der Waals surface area contributed by atoms with E-state index in [1.54, 1.807) is 0 Å². The Kier molecular flexibility index (Phi) is 6.01. The molecule has 0 spiro atoms. The van der Waals surface area contributed by atoms with E-state index in [1.807, 2.05) is 24.5 Å². The van der Waals surface area contributed by atoms with Crippen LogP contribution in [0.5, 0.6) is 5.75 Å². The van der Waals surface area contributed by atoms with Crippen molar-refractivity contribution in [2.45, 2.75) is 19.8 Å². The molecule has 1 aliphatic heterocycles. The van der Waals surface area contributed by atoms with E-state index >= 15 is 0 Å². The van der Waals surface area contributed by atoms with Crippen LogP contribution in [0.25, 0.3) is 0 Å². The summed E-state index contributed by atoms with van der Waals surface area (Å²) in [5.41, 5.74) is 1.28. The monoisotopic (exact) mass is 326 g/mol. The van der Waals surface area contributed by atoms with Gasteiger partial charge in [0.15, 0.2) is 0 Å². The summed E-state index contributed by atoms with van der Waals surface area (Å²) >= 11 is 0. The first-order valence-electron chi connectivity index (χ1n) is 8.82. The molecule has 0 saturated carbocycles. The topological polar surface area (TPSA) is 41.5 Å². The minimum absolute atomic E-state index is 0.735. The van der Waals surface area contributed by atoms with Crippen LogP contribution in [0.3, 0.4) is 0 Å². The molecule has 0 aliphatic carbocycles. The Morgan fingerprint density at radius 1 is 1.00 bits per heavy atom. The first-order valence-corrected chi connectivity index (χ1v) is 8.82. The van der Waals surface area contributed by atoms with Crippen LogP contribution in [0.1, 0.15) is 18.9 Å². The lowest BCUT2D eigenvalue weighted by Gasteiger charge is -2.22. The molecule has 0 unspecified atom stereocenters. The molecule has 5 nitrogen and oxygen atoms in total. The molecule has 2 aromatic rings. The summed E-state index contributed by atoms with van der Waals surface area (Å²) < 4.78 is 6.00. The van der Waals surface area contributed by atoms with Crippen LogP contribution in [-0.4, -0.2) is 54.2 Å². The van der Waals surface area contributed by atoms with Gasteiger partial charge < -0.3 is 9.64 Å². The third-order valence-corrected chi connectivity index (χ3v) is 4.44. The maximum Gasteiger partial charge on any atom is 0.225 e. The highest BCUT2D eigenvalue weighted by molar-refractivity contribution is 5.33. The van der Waals surface area contributed by atoms with Crippen LogP contribution in [0.15, 0.2) is 42.7 Å². The van der Waals surface area contributed by atoms with Crippen molar-refractivity contribution >= 4 is 5.95 Å². The van der Waals surface area contributed by atoms with Crippen LogP contribution < -0.4 is 9.64 Å². The van der Waals surface area contributed by atoms with Gasteiger partial charge in [-0.3, -0.25) is 4.90 Å². The molecule has 1 aromatic heterocycles. The third kappa shape index (κ3) is 4.45. The van der Waals surface area contributed by atoms with Crippen LogP contribution in [0.4, 0.5) is 5.95 Å². The van der Waals surface area contributed by atoms with Gasteiger partial charge in [0, 0.05) is 45.1 Å². The SMILES string of the molecule is CCc1ccccc1OCCN1CCCN(c2ncccn2)CC1. The van der Waals surface area contributed by atoms with Crippen LogP contribution in [0.2, 0.25) is 0 Å². The molecular formula is C19H26N4O. The average Bonchev–Trinajstić information content (AvgIpc) is 2.89. The first-order chi connectivity index (χ1) is 11.9. The normalized spacial score (nSPS) is 16.0. The minimum Gasteiger partial charge on any atom is -0.492 e. The molecule has 1 aliphatic rings. The number of ether oxygens (including phenoxy) is 1. The summed E-state index contributed by atoms with van der Waals surface area (Å²) in [4.78, 5) is 13.5. The Morgan fingerprint density at radius 3 is 2.67 bits per heavy atom. The minimum atomic E-state index is 0.735. The van der Waals surface area contributed by atoms with E-state index in [1.165, 1.54) is 5.56 Å². The molecule has 0 atom stereocenters. The summed E-state index contributed by atoms with van der Waals surface area (Å²) in [5.74, 6) is 1.86. The van der Waals surface area contributed by atoms with Gasteiger partial charge in [-0.1, -0.05) is 25.1 Å². The highest BCUT2D eigenvalue weighted by Gasteiger charge is 2.16. The molecule has 1 aromatic carbocycles. The van der Waals surface area contributed by atoms with E-state index in [0.717, 1.165) is 63.9 Å². The zero-order chi connectivity index (χ0) is 16.6. The molecule has 1 saturated heterocycles. The molecule has 2 heterocycles. The molecule has 3 rings (SSSR count). The molecule has 1 fully saturated rings. The Bertz CT molecular complexity index is 620. The summed E-state index contributed by atoms with van der Waals surface area (Å²) in [7, 11) is 0.